The fourth-order valence-corrected chi connectivity index (χ4v) is 2.12. The third-order valence-corrected chi connectivity index (χ3v) is 3.03. The van der Waals surface area contributed by atoms with Gasteiger partial charge in [0.25, 0.3) is 0 Å². The number of nitrogens with one attached hydrogen (secondary N) is 1. The zero-order chi connectivity index (χ0) is 11.5. The molecule has 0 bridgehead atoms. The lowest BCUT2D eigenvalue weighted by molar-refractivity contribution is 0.0886. The number of ketones is 1. The van der Waals surface area contributed by atoms with Crippen LogP contribution in [0.4, 0.5) is 0 Å². The number of methoxy groups -OCH3 is 1. The summed E-state index contributed by atoms with van der Waals surface area (Å²) in [6.07, 6.45) is 3.58. The van der Waals surface area contributed by atoms with E-state index < -0.39 is 0 Å². The van der Waals surface area contributed by atoms with Gasteiger partial charge in [-0.25, -0.2) is 0 Å². The van der Waals surface area contributed by atoms with Crippen LogP contribution in [0, 0.1) is 5.92 Å². The second-order valence-electron chi connectivity index (χ2n) is 4.09. The minimum Gasteiger partial charge on any atom is -0.493 e. The topological polar surface area (TPSA) is 56.2 Å². The maximum Gasteiger partial charge on any atom is 0.188 e. The number of Topliss-reactive ketones (excluding diaryl/α,β-unsaturated/α-hetero) is 1. The molecule has 0 amide bonds. The first-order chi connectivity index (χ1) is 7.74. The summed E-state index contributed by atoms with van der Waals surface area (Å²) < 4.78 is 6.75. The van der Waals surface area contributed by atoms with Crippen LogP contribution in [0.1, 0.15) is 23.3 Å². The highest BCUT2D eigenvalue weighted by Gasteiger charge is 2.27. The first-order valence-electron chi connectivity index (χ1n) is 5.55. The predicted octanol–water partition coefficient (Wildman–Crippen LogP) is 0.611. The van der Waals surface area contributed by atoms with Crippen LogP contribution >= 0.6 is 0 Å². The predicted molar refractivity (Wildman–Crippen MR) is 59.7 cm³/mol. The summed E-state index contributed by atoms with van der Waals surface area (Å²) in [6.45, 7) is 1.76. The van der Waals surface area contributed by atoms with Crippen molar-refractivity contribution < 1.29 is 9.53 Å². The third kappa shape index (κ3) is 1.95. The number of ether oxygens (including phenoxy) is 1. The molecule has 16 heavy (non-hydrogen) atoms. The van der Waals surface area contributed by atoms with E-state index in [0.29, 0.717) is 11.4 Å². The Labute approximate surface area is 94.8 Å². The van der Waals surface area contributed by atoms with E-state index in [1.165, 1.54) is 0 Å². The SMILES string of the molecule is COc1cnn(C)c1C(=O)C1CCCNC1. The highest BCUT2D eigenvalue weighted by atomic mass is 16.5. The monoisotopic (exact) mass is 223 g/mol. The highest BCUT2D eigenvalue weighted by Crippen LogP contribution is 2.23. The van der Waals surface area contributed by atoms with Gasteiger partial charge in [-0.15, -0.1) is 0 Å². The molecule has 1 aliphatic heterocycles. The number of carbonyl (C=O) groups excluding carboxylic acids is 1. The second kappa shape index (κ2) is 4.65. The number of hydrogen-bond donors (Lipinski definition) is 1. The molecule has 88 valence electrons. The van der Waals surface area contributed by atoms with Gasteiger partial charge in [0.15, 0.2) is 11.5 Å². The quantitative estimate of drug-likeness (QED) is 0.763. The molecule has 1 aliphatic rings. The van der Waals surface area contributed by atoms with E-state index in [-0.39, 0.29) is 11.7 Å². The van der Waals surface area contributed by atoms with Gasteiger partial charge >= 0.3 is 0 Å². The van der Waals surface area contributed by atoms with Gasteiger partial charge in [-0.2, -0.15) is 5.10 Å². The van der Waals surface area contributed by atoms with Crippen molar-refractivity contribution in [2.45, 2.75) is 12.8 Å². The first-order valence-corrected chi connectivity index (χ1v) is 5.55. The second-order valence-corrected chi connectivity index (χ2v) is 4.09. The van der Waals surface area contributed by atoms with Gasteiger partial charge in [0.2, 0.25) is 0 Å². The minimum atomic E-state index is 0.0537. The Morgan fingerprint density at radius 1 is 1.69 bits per heavy atom. The largest absolute Gasteiger partial charge is 0.493 e. The molecule has 1 atom stereocenters. The Bertz CT molecular complexity index is 381. The summed E-state index contributed by atoms with van der Waals surface area (Å²) in [4.78, 5) is 12.3. The zero-order valence-electron chi connectivity index (χ0n) is 9.69. The van der Waals surface area contributed by atoms with Crippen LogP contribution in [0.25, 0.3) is 0 Å². The van der Waals surface area contributed by atoms with Crippen molar-refractivity contribution >= 4 is 5.78 Å². The molecule has 1 unspecified atom stereocenters. The molecule has 2 heterocycles. The van der Waals surface area contributed by atoms with Gasteiger partial charge in [-0.1, -0.05) is 0 Å². The molecule has 5 nitrogen and oxygen atoms in total. The number of nitrogens with zero attached hydrogens (tertiary/aromatic N) is 2. The van der Waals surface area contributed by atoms with Crippen LogP contribution in [-0.4, -0.2) is 35.8 Å². The summed E-state index contributed by atoms with van der Waals surface area (Å²) in [5.74, 6) is 0.750. The van der Waals surface area contributed by atoms with E-state index in [1.807, 2.05) is 0 Å². The van der Waals surface area contributed by atoms with Crippen LogP contribution in [0.15, 0.2) is 6.20 Å². The smallest absolute Gasteiger partial charge is 0.188 e. The number of aryl methyl sites for hydroxylation is 1. The van der Waals surface area contributed by atoms with Gasteiger partial charge in [0.05, 0.1) is 13.3 Å². The standard InChI is InChI=1S/C11H17N3O2/c1-14-10(9(16-2)7-13-14)11(15)8-4-3-5-12-6-8/h7-8,12H,3-6H2,1-2H3. The van der Waals surface area contributed by atoms with Crippen molar-refractivity contribution in [3.63, 3.8) is 0 Å². The van der Waals surface area contributed by atoms with E-state index in [2.05, 4.69) is 10.4 Å². The van der Waals surface area contributed by atoms with Crippen molar-refractivity contribution in [1.29, 1.82) is 0 Å². The zero-order valence-corrected chi connectivity index (χ0v) is 9.69. The number of rotatable bonds is 3. The van der Waals surface area contributed by atoms with E-state index in [4.69, 9.17) is 4.74 Å². The third-order valence-electron chi connectivity index (χ3n) is 3.03. The van der Waals surface area contributed by atoms with Crippen LogP contribution in [-0.2, 0) is 7.05 Å². The molecule has 0 aliphatic carbocycles. The molecule has 0 spiro atoms. The maximum absolute atomic E-state index is 12.3. The molecular formula is C11H17N3O2. The maximum atomic E-state index is 12.3. The normalized spacial score (nSPS) is 20.8. The number of carbonyl (C=O) groups is 1. The van der Waals surface area contributed by atoms with Gasteiger partial charge in [0.1, 0.15) is 5.69 Å². The van der Waals surface area contributed by atoms with Crippen LogP contribution in [0.2, 0.25) is 0 Å². The van der Waals surface area contributed by atoms with E-state index in [9.17, 15) is 4.79 Å². The summed E-state index contributed by atoms with van der Waals surface area (Å²) in [5.41, 5.74) is 0.580. The highest BCUT2D eigenvalue weighted by molar-refractivity contribution is 5.98. The molecule has 0 radical (unpaired) electrons. The van der Waals surface area contributed by atoms with Crippen LogP contribution < -0.4 is 10.1 Å². The molecule has 1 aromatic heterocycles. The summed E-state index contributed by atoms with van der Waals surface area (Å²) in [7, 11) is 3.33. The first kappa shape index (κ1) is 11.1. The van der Waals surface area contributed by atoms with Crippen molar-refractivity contribution in [3.05, 3.63) is 11.9 Å². The minimum absolute atomic E-state index is 0.0537. The molecule has 5 heteroatoms. The van der Waals surface area contributed by atoms with Crippen molar-refractivity contribution in [2.75, 3.05) is 20.2 Å². The molecular weight excluding hydrogens is 206 g/mol. The summed E-state index contributed by atoms with van der Waals surface area (Å²) in [6, 6.07) is 0. The Morgan fingerprint density at radius 2 is 2.50 bits per heavy atom. The Morgan fingerprint density at radius 3 is 3.12 bits per heavy atom. The number of aromatic nitrogens is 2. The lowest BCUT2D eigenvalue weighted by Gasteiger charge is -2.21. The summed E-state index contributed by atoms with van der Waals surface area (Å²) in [5, 5.41) is 7.30. The average Bonchev–Trinajstić information content (AvgIpc) is 2.70. The van der Waals surface area contributed by atoms with Crippen molar-refractivity contribution in [2.24, 2.45) is 13.0 Å². The van der Waals surface area contributed by atoms with E-state index in [1.54, 1.807) is 25.0 Å². The average molecular weight is 223 g/mol. The molecule has 2 rings (SSSR count). The fraction of sp³-hybridized carbons (Fsp3) is 0.636. The fourth-order valence-electron chi connectivity index (χ4n) is 2.12. The van der Waals surface area contributed by atoms with Crippen molar-refractivity contribution in [3.8, 4) is 5.75 Å². The molecule has 1 saturated heterocycles. The molecule has 1 fully saturated rings. The Kier molecular flexibility index (Phi) is 3.24. The lowest BCUT2D eigenvalue weighted by Crippen LogP contribution is -2.35. The van der Waals surface area contributed by atoms with E-state index in [0.717, 1.165) is 25.9 Å². The number of hydrogen-bond acceptors (Lipinski definition) is 4. The van der Waals surface area contributed by atoms with Crippen LogP contribution in [0.3, 0.4) is 0 Å². The lowest BCUT2D eigenvalue weighted by atomic mass is 9.93. The molecule has 0 saturated carbocycles. The van der Waals surface area contributed by atoms with E-state index >= 15 is 0 Å². The van der Waals surface area contributed by atoms with Gasteiger partial charge in [-0.3, -0.25) is 9.48 Å². The van der Waals surface area contributed by atoms with Crippen molar-refractivity contribution in [1.82, 2.24) is 15.1 Å². The van der Waals surface area contributed by atoms with Gasteiger partial charge in [-0.05, 0) is 19.4 Å². The van der Waals surface area contributed by atoms with Crippen LogP contribution in [0.5, 0.6) is 5.75 Å². The van der Waals surface area contributed by atoms with Gasteiger partial charge in [0, 0.05) is 19.5 Å². The Balaban J connectivity index is 2.21. The Hall–Kier alpha value is -1.36. The molecule has 1 N–H and O–H groups in total. The summed E-state index contributed by atoms with van der Waals surface area (Å²) >= 11 is 0. The number of piperidine rings is 1. The molecule has 0 aromatic carbocycles. The van der Waals surface area contributed by atoms with Gasteiger partial charge < -0.3 is 10.1 Å². The molecule has 1 aromatic rings.